The second kappa shape index (κ2) is 13.0. The van der Waals surface area contributed by atoms with E-state index in [1.165, 1.54) is 49.9 Å². The van der Waals surface area contributed by atoms with Gasteiger partial charge in [-0.1, -0.05) is 29.8 Å². The van der Waals surface area contributed by atoms with Gasteiger partial charge in [0, 0.05) is 10.6 Å². The van der Waals surface area contributed by atoms with Crippen molar-refractivity contribution in [2.75, 3.05) is 6.61 Å². The topological polar surface area (TPSA) is 224 Å². The molecular formula is C22H26ClN6O7S. The zero-order valence-corrected chi connectivity index (χ0v) is 21.1. The molecule has 0 heterocycles. The standard InChI is InChI=1S/C22H26ClN6O7S/c1-12(19(32)28-20(33)17-8-16(31)7-4-14(17)9-26-22(24)25)27-21(34)18(10-30)29-37(35,36)11-13-2-5-15(23)6-3-13/h2-9,12,18,29-31H,10-11H2,1H3,(H,27,34)(H4,24,25,26)(H,28,32,33)/t12-,18-/m0/s1. The van der Waals surface area contributed by atoms with Crippen LogP contribution >= 0.6 is 11.6 Å². The monoisotopic (exact) mass is 553 g/mol. The first kappa shape index (κ1) is 29.5. The molecule has 9 N–H and O–H groups in total. The minimum absolute atomic E-state index is 0.135. The smallest absolute Gasteiger partial charge is 0.258 e. The van der Waals surface area contributed by atoms with Crippen LogP contribution in [0.1, 0.15) is 28.4 Å². The molecule has 0 aromatic heterocycles. The zero-order chi connectivity index (χ0) is 27.8. The third-order valence-electron chi connectivity index (χ3n) is 4.74. The van der Waals surface area contributed by atoms with Crippen molar-refractivity contribution in [1.29, 1.82) is 5.41 Å². The summed E-state index contributed by atoms with van der Waals surface area (Å²) in [6.45, 7) is 1.56. The maximum atomic E-state index is 12.6. The molecule has 0 fully saturated rings. The van der Waals surface area contributed by atoms with Crippen LogP contribution in [0.5, 0.6) is 5.75 Å². The number of halogens is 1. The number of guanidine groups is 1. The van der Waals surface area contributed by atoms with E-state index in [9.17, 15) is 33.0 Å². The van der Waals surface area contributed by atoms with E-state index in [1.54, 1.807) is 0 Å². The number of hydrogen-bond donors (Lipinski definition) is 8. The molecule has 2 aromatic carbocycles. The molecule has 37 heavy (non-hydrogen) atoms. The summed E-state index contributed by atoms with van der Waals surface area (Å²) >= 11 is 5.78. The Morgan fingerprint density at radius 2 is 1.78 bits per heavy atom. The highest BCUT2D eigenvalue weighted by atomic mass is 35.5. The summed E-state index contributed by atoms with van der Waals surface area (Å²) in [5.41, 5.74) is 5.67. The van der Waals surface area contributed by atoms with E-state index in [4.69, 9.17) is 22.7 Å². The molecule has 1 radical (unpaired) electrons. The summed E-state index contributed by atoms with van der Waals surface area (Å²) in [4.78, 5) is 37.6. The molecule has 0 unspecified atom stereocenters. The number of benzene rings is 2. The molecule has 0 bridgehead atoms. The number of phenolic OH excluding ortho intramolecular Hbond substituents is 1. The van der Waals surface area contributed by atoms with Crippen LogP contribution in [-0.2, 0) is 25.4 Å². The van der Waals surface area contributed by atoms with Crippen LogP contribution in [-0.4, -0.2) is 61.0 Å². The number of nitrogens with two attached hydrogens (primary N) is 1. The van der Waals surface area contributed by atoms with Crippen molar-refractivity contribution in [3.63, 3.8) is 0 Å². The molecule has 0 saturated carbocycles. The van der Waals surface area contributed by atoms with Crippen molar-refractivity contribution in [1.82, 2.24) is 20.7 Å². The summed E-state index contributed by atoms with van der Waals surface area (Å²) < 4.78 is 26.9. The summed E-state index contributed by atoms with van der Waals surface area (Å²) in [5.74, 6) is -4.05. The largest absolute Gasteiger partial charge is 0.508 e. The van der Waals surface area contributed by atoms with Crippen LogP contribution in [0.2, 0.25) is 5.02 Å². The second-order valence-electron chi connectivity index (χ2n) is 7.76. The third kappa shape index (κ3) is 9.34. The van der Waals surface area contributed by atoms with Gasteiger partial charge in [0.25, 0.3) is 5.91 Å². The molecule has 15 heteroatoms. The highest BCUT2D eigenvalue weighted by Crippen LogP contribution is 2.17. The normalized spacial score (nSPS) is 12.7. The summed E-state index contributed by atoms with van der Waals surface area (Å²) in [6.07, 6.45) is 0. The fourth-order valence-electron chi connectivity index (χ4n) is 2.92. The Bertz CT molecular complexity index is 1270. The lowest BCUT2D eigenvalue weighted by atomic mass is 10.1. The van der Waals surface area contributed by atoms with Gasteiger partial charge >= 0.3 is 0 Å². The first-order valence-electron chi connectivity index (χ1n) is 10.6. The molecule has 0 aliphatic carbocycles. The minimum Gasteiger partial charge on any atom is -0.508 e. The molecular weight excluding hydrogens is 528 g/mol. The summed E-state index contributed by atoms with van der Waals surface area (Å²) in [6, 6.07) is 6.77. The van der Waals surface area contributed by atoms with Crippen LogP contribution in [0.25, 0.3) is 0 Å². The van der Waals surface area contributed by atoms with Gasteiger partial charge < -0.3 is 26.6 Å². The van der Waals surface area contributed by atoms with Gasteiger partial charge in [-0.3, -0.25) is 25.1 Å². The van der Waals surface area contributed by atoms with E-state index in [2.05, 4.69) is 20.7 Å². The molecule has 0 spiro atoms. The van der Waals surface area contributed by atoms with Crippen LogP contribution in [0.4, 0.5) is 0 Å². The third-order valence-corrected chi connectivity index (χ3v) is 6.35. The van der Waals surface area contributed by atoms with Crippen molar-refractivity contribution >= 4 is 45.3 Å². The number of amides is 3. The first-order chi connectivity index (χ1) is 17.3. The van der Waals surface area contributed by atoms with Crippen LogP contribution in [0.3, 0.4) is 0 Å². The highest BCUT2D eigenvalue weighted by Gasteiger charge is 2.27. The van der Waals surface area contributed by atoms with E-state index in [-0.39, 0.29) is 16.9 Å². The maximum absolute atomic E-state index is 12.6. The number of sulfonamides is 1. The second-order valence-corrected chi connectivity index (χ2v) is 9.95. The van der Waals surface area contributed by atoms with Gasteiger partial charge in [-0.15, -0.1) is 0 Å². The fourth-order valence-corrected chi connectivity index (χ4v) is 4.38. The van der Waals surface area contributed by atoms with E-state index >= 15 is 0 Å². The van der Waals surface area contributed by atoms with Gasteiger partial charge in [-0.25, -0.2) is 13.1 Å². The fraction of sp³-hybridized carbons (Fsp3) is 0.227. The lowest BCUT2D eigenvalue weighted by molar-refractivity contribution is -0.129. The summed E-state index contributed by atoms with van der Waals surface area (Å²) in [5, 5.41) is 33.5. The number of nitrogens with one attached hydrogen (secondary N) is 5. The van der Waals surface area contributed by atoms with Gasteiger partial charge in [0.1, 0.15) is 17.8 Å². The number of aliphatic hydroxyl groups is 1. The Labute approximate surface area is 217 Å². The average Bonchev–Trinajstić information content (AvgIpc) is 2.82. The molecule has 2 atom stereocenters. The molecule has 2 aromatic rings. The lowest BCUT2D eigenvalue weighted by Crippen LogP contribution is -2.54. The van der Waals surface area contributed by atoms with Crippen molar-refractivity contribution in [3.8, 4) is 5.75 Å². The van der Waals surface area contributed by atoms with Gasteiger partial charge in [-0.2, -0.15) is 0 Å². The number of hydrogen-bond acceptors (Lipinski definition) is 8. The number of carbonyl (C=O) groups is 3. The van der Waals surface area contributed by atoms with Crippen LogP contribution < -0.4 is 26.4 Å². The zero-order valence-electron chi connectivity index (χ0n) is 19.5. The first-order valence-corrected chi connectivity index (χ1v) is 12.6. The Morgan fingerprint density at radius 1 is 1.14 bits per heavy atom. The Hall–Kier alpha value is -3.72. The molecule has 0 aliphatic rings. The molecule has 199 valence electrons. The van der Waals surface area contributed by atoms with E-state index < -0.39 is 58.1 Å². The number of carbonyl (C=O) groups excluding carboxylic acids is 3. The average molecular weight is 554 g/mol. The number of rotatable bonds is 11. The molecule has 2 rings (SSSR count). The van der Waals surface area contributed by atoms with E-state index in [0.717, 1.165) is 6.07 Å². The SMILES string of the molecule is C[C@H](NC(=O)[C@H](CO)NS(=O)(=O)Cc1ccc(Cl)cc1)C(=O)NC(=O)c1cc(O)ccc1[CH]NC(=N)N. The highest BCUT2D eigenvalue weighted by molar-refractivity contribution is 7.88. The van der Waals surface area contributed by atoms with Crippen molar-refractivity contribution in [3.05, 3.63) is 70.7 Å². The van der Waals surface area contributed by atoms with Gasteiger partial charge in [0.15, 0.2) is 5.96 Å². The Morgan fingerprint density at radius 3 is 2.38 bits per heavy atom. The molecule has 0 aliphatic heterocycles. The van der Waals surface area contributed by atoms with Crippen LogP contribution in [0.15, 0.2) is 42.5 Å². The van der Waals surface area contributed by atoms with Gasteiger partial charge in [-0.05, 0) is 42.3 Å². The van der Waals surface area contributed by atoms with E-state index in [0.29, 0.717) is 10.6 Å². The lowest BCUT2D eigenvalue weighted by Gasteiger charge is -2.19. The quantitative estimate of drug-likeness (QED) is 0.130. The predicted molar refractivity (Wildman–Crippen MR) is 135 cm³/mol. The number of imide groups is 1. The molecule has 3 amide bonds. The number of phenols is 1. The maximum Gasteiger partial charge on any atom is 0.258 e. The van der Waals surface area contributed by atoms with Crippen molar-refractivity contribution < 1.29 is 33.0 Å². The minimum atomic E-state index is -4.06. The number of aliphatic hydroxyl groups excluding tert-OH is 1. The van der Waals surface area contributed by atoms with Crippen LogP contribution in [0, 0.1) is 12.0 Å². The molecule has 13 nitrogen and oxygen atoms in total. The summed E-state index contributed by atoms with van der Waals surface area (Å²) in [7, 11) is -4.06. The Balaban J connectivity index is 2.01. The van der Waals surface area contributed by atoms with Crippen molar-refractivity contribution in [2.45, 2.75) is 24.8 Å². The van der Waals surface area contributed by atoms with E-state index in [1.807, 2.05) is 0 Å². The molecule has 0 saturated heterocycles. The number of aromatic hydroxyl groups is 1. The predicted octanol–water partition coefficient (Wildman–Crippen LogP) is -0.720. The van der Waals surface area contributed by atoms with Crippen molar-refractivity contribution in [2.24, 2.45) is 5.73 Å². The Kier molecular flexibility index (Phi) is 10.4. The van der Waals surface area contributed by atoms with Gasteiger partial charge in [0.05, 0.1) is 18.9 Å². The van der Waals surface area contributed by atoms with Gasteiger partial charge in [0.2, 0.25) is 21.8 Å².